The monoisotopic (exact) mass is 199 g/mol. The molecule has 0 bridgehead atoms. The number of benzene rings is 1. The topological polar surface area (TPSA) is 41.7 Å². The SMILES string of the molecule is [C-]#[N+]c1ccc2c(c1)C[C@H]1[C@@H](C(=O)O)[C@@H]21. The first kappa shape index (κ1) is 8.49. The zero-order chi connectivity index (χ0) is 10.6. The maximum Gasteiger partial charge on any atom is 0.307 e. The molecule has 0 spiro atoms. The lowest BCUT2D eigenvalue weighted by molar-refractivity contribution is -0.139. The van der Waals surface area contributed by atoms with Gasteiger partial charge in [-0.2, -0.15) is 0 Å². The molecule has 2 aliphatic rings. The highest BCUT2D eigenvalue weighted by Crippen LogP contribution is 2.61. The van der Waals surface area contributed by atoms with Gasteiger partial charge in [0, 0.05) is 5.92 Å². The molecule has 1 N–H and O–H groups in total. The molecule has 1 aromatic rings. The first-order valence-electron chi connectivity index (χ1n) is 4.95. The largest absolute Gasteiger partial charge is 0.481 e. The molecule has 0 saturated heterocycles. The van der Waals surface area contributed by atoms with E-state index in [2.05, 4.69) is 4.85 Å². The number of aliphatic carboxylic acids is 1. The smallest absolute Gasteiger partial charge is 0.307 e. The lowest BCUT2D eigenvalue weighted by Crippen LogP contribution is -2.04. The average Bonchev–Trinajstić information content (AvgIpc) is 2.82. The van der Waals surface area contributed by atoms with Crippen molar-refractivity contribution in [1.82, 2.24) is 0 Å². The highest BCUT2D eigenvalue weighted by atomic mass is 16.4. The molecular formula is C12H9NO2. The Morgan fingerprint density at radius 3 is 3.00 bits per heavy atom. The van der Waals surface area contributed by atoms with Crippen molar-refractivity contribution in [3.05, 3.63) is 40.7 Å². The van der Waals surface area contributed by atoms with Crippen molar-refractivity contribution in [2.45, 2.75) is 12.3 Å². The molecular weight excluding hydrogens is 190 g/mol. The van der Waals surface area contributed by atoms with E-state index in [9.17, 15) is 4.79 Å². The molecule has 3 heteroatoms. The van der Waals surface area contributed by atoms with E-state index in [4.69, 9.17) is 11.7 Å². The van der Waals surface area contributed by atoms with Gasteiger partial charge < -0.3 is 5.11 Å². The first-order valence-corrected chi connectivity index (χ1v) is 4.95. The zero-order valence-corrected chi connectivity index (χ0v) is 7.97. The molecule has 0 amide bonds. The Morgan fingerprint density at radius 1 is 1.53 bits per heavy atom. The number of carboxylic acid groups (broad SMARTS) is 1. The van der Waals surface area contributed by atoms with Crippen molar-refractivity contribution in [3.63, 3.8) is 0 Å². The fraction of sp³-hybridized carbons (Fsp3) is 0.333. The van der Waals surface area contributed by atoms with E-state index in [0.29, 0.717) is 11.6 Å². The maximum absolute atomic E-state index is 10.9. The maximum atomic E-state index is 10.9. The molecule has 0 heterocycles. The molecule has 0 aliphatic heterocycles. The molecule has 74 valence electrons. The Bertz CT molecular complexity index is 501. The Kier molecular flexibility index (Phi) is 1.47. The third kappa shape index (κ3) is 1.02. The second kappa shape index (κ2) is 2.60. The minimum absolute atomic E-state index is 0.170. The lowest BCUT2D eigenvalue weighted by atomic mass is 10.0. The number of carbonyl (C=O) groups is 1. The predicted octanol–water partition coefficient (Wildman–Crippen LogP) is 2.21. The van der Waals surface area contributed by atoms with E-state index in [0.717, 1.165) is 12.0 Å². The number of hydrogen-bond acceptors (Lipinski definition) is 1. The Hall–Kier alpha value is -1.82. The fourth-order valence-electron chi connectivity index (χ4n) is 2.81. The van der Waals surface area contributed by atoms with Crippen molar-refractivity contribution in [2.24, 2.45) is 11.8 Å². The molecule has 0 unspecified atom stereocenters. The predicted molar refractivity (Wildman–Crippen MR) is 53.8 cm³/mol. The summed E-state index contributed by atoms with van der Waals surface area (Å²) in [6.45, 7) is 6.91. The second-order valence-corrected chi connectivity index (χ2v) is 4.25. The normalized spacial score (nSPS) is 30.2. The van der Waals surface area contributed by atoms with Crippen LogP contribution in [0.1, 0.15) is 17.0 Å². The minimum Gasteiger partial charge on any atom is -0.481 e. The number of hydrogen-bond donors (Lipinski definition) is 1. The van der Waals surface area contributed by atoms with E-state index in [-0.39, 0.29) is 11.8 Å². The summed E-state index contributed by atoms with van der Waals surface area (Å²) < 4.78 is 0. The molecule has 3 atom stereocenters. The highest BCUT2D eigenvalue weighted by Gasteiger charge is 2.59. The van der Waals surface area contributed by atoms with Crippen molar-refractivity contribution in [1.29, 1.82) is 0 Å². The van der Waals surface area contributed by atoms with Crippen LogP contribution in [-0.2, 0) is 11.2 Å². The van der Waals surface area contributed by atoms with Crippen LogP contribution in [0.15, 0.2) is 18.2 Å². The molecule has 0 radical (unpaired) electrons. The van der Waals surface area contributed by atoms with Crippen LogP contribution in [0.3, 0.4) is 0 Å². The van der Waals surface area contributed by atoms with Crippen LogP contribution in [0.4, 0.5) is 5.69 Å². The molecule has 15 heavy (non-hydrogen) atoms. The zero-order valence-electron chi connectivity index (χ0n) is 7.97. The van der Waals surface area contributed by atoms with Gasteiger partial charge in [-0.15, -0.1) is 0 Å². The van der Waals surface area contributed by atoms with Crippen LogP contribution >= 0.6 is 0 Å². The summed E-state index contributed by atoms with van der Waals surface area (Å²) in [5.41, 5.74) is 2.98. The Labute approximate surface area is 87.2 Å². The minimum atomic E-state index is -0.676. The lowest BCUT2D eigenvalue weighted by Gasteiger charge is -2.04. The van der Waals surface area contributed by atoms with Crippen LogP contribution in [0.2, 0.25) is 0 Å². The number of nitrogens with zero attached hydrogens (tertiary/aromatic N) is 1. The van der Waals surface area contributed by atoms with E-state index < -0.39 is 5.97 Å². The standard InChI is InChI=1S/C12H9NO2/c1-13-7-2-3-8-6(4-7)5-9-10(8)11(9)12(14)15/h2-4,9-11H,5H2,(H,14,15)/t9-,10+,11-/m1/s1. The van der Waals surface area contributed by atoms with Crippen molar-refractivity contribution >= 4 is 11.7 Å². The second-order valence-electron chi connectivity index (χ2n) is 4.25. The van der Waals surface area contributed by atoms with Crippen molar-refractivity contribution in [3.8, 4) is 0 Å². The average molecular weight is 199 g/mol. The Balaban J connectivity index is 1.98. The summed E-state index contributed by atoms with van der Waals surface area (Å²) in [7, 11) is 0. The highest BCUT2D eigenvalue weighted by molar-refractivity contribution is 5.78. The van der Waals surface area contributed by atoms with Gasteiger partial charge in [-0.1, -0.05) is 23.8 Å². The van der Waals surface area contributed by atoms with Gasteiger partial charge in [0.05, 0.1) is 12.5 Å². The van der Waals surface area contributed by atoms with Crippen molar-refractivity contribution in [2.75, 3.05) is 0 Å². The van der Waals surface area contributed by atoms with E-state index >= 15 is 0 Å². The summed E-state index contributed by atoms with van der Waals surface area (Å²) in [6.07, 6.45) is 0.834. The van der Waals surface area contributed by atoms with E-state index in [1.165, 1.54) is 5.56 Å². The van der Waals surface area contributed by atoms with Crippen LogP contribution in [0, 0.1) is 18.4 Å². The molecule has 1 aromatic carbocycles. The van der Waals surface area contributed by atoms with Crippen LogP contribution in [0.5, 0.6) is 0 Å². The summed E-state index contributed by atoms with van der Waals surface area (Å²) >= 11 is 0. The van der Waals surface area contributed by atoms with E-state index in [1.54, 1.807) is 6.07 Å². The third-order valence-electron chi connectivity index (χ3n) is 3.52. The number of fused-ring (bicyclic) bond motifs is 3. The van der Waals surface area contributed by atoms with Gasteiger partial charge in [-0.3, -0.25) is 4.79 Å². The van der Waals surface area contributed by atoms with Gasteiger partial charge in [0.15, 0.2) is 5.69 Å². The summed E-state index contributed by atoms with van der Waals surface area (Å²) in [4.78, 5) is 14.2. The van der Waals surface area contributed by atoms with Crippen LogP contribution in [0.25, 0.3) is 4.85 Å². The van der Waals surface area contributed by atoms with Gasteiger partial charge in [0.2, 0.25) is 0 Å². The molecule has 2 aliphatic carbocycles. The van der Waals surface area contributed by atoms with E-state index in [1.807, 2.05) is 12.1 Å². The number of carboxylic acids is 1. The summed E-state index contributed by atoms with van der Waals surface area (Å²) in [5.74, 6) is -0.336. The van der Waals surface area contributed by atoms with Gasteiger partial charge in [-0.25, -0.2) is 4.85 Å². The quantitative estimate of drug-likeness (QED) is 0.704. The molecule has 3 rings (SSSR count). The van der Waals surface area contributed by atoms with Gasteiger partial charge in [0.1, 0.15) is 0 Å². The molecule has 1 fully saturated rings. The number of rotatable bonds is 1. The fourth-order valence-corrected chi connectivity index (χ4v) is 2.81. The van der Waals surface area contributed by atoms with Crippen molar-refractivity contribution < 1.29 is 9.90 Å². The van der Waals surface area contributed by atoms with Gasteiger partial charge >= 0.3 is 5.97 Å². The summed E-state index contributed by atoms with van der Waals surface area (Å²) in [6, 6.07) is 5.61. The summed E-state index contributed by atoms with van der Waals surface area (Å²) in [5, 5.41) is 8.94. The van der Waals surface area contributed by atoms with Crippen LogP contribution in [-0.4, -0.2) is 11.1 Å². The van der Waals surface area contributed by atoms with Crippen LogP contribution < -0.4 is 0 Å². The first-order chi connectivity index (χ1) is 7.22. The van der Waals surface area contributed by atoms with Gasteiger partial charge in [0.25, 0.3) is 0 Å². The molecule has 1 saturated carbocycles. The van der Waals surface area contributed by atoms with Gasteiger partial charge in [-0.05, 0) is 17.9 Å². The third-order valence-corrected chi connectivity index (χ3v) is 3.52. The molecule has 3 nitrogen and oxygen atoms in total. The molecule has 0 aromatic heterocycles. The Morgan fingerprint density at radius 2 is 2.33 bits per heavy atom.